The van der Waals surface area contributed by atoms with Gasteiger partial charge in [-0.05, 0) is 31.0 Å². The van der Waals surface area contributed by atoms with Crippen molar-refractivity contribution in [1.29, 1.82) is 0 Å². The van der Waals surface area contributed by atoms with Gasteiger partial charge in [-0.25, -0.2) is 4.98 Å². The molecule has 0 aliphatic rings. The van der Waals surface area contributed by atoms with Crippen molar-refractivity contribution in [2.45, 2.75) is 25.9 Å². The molecule has 0 fully saturated rings. The summed E-state index contributed by atoms with van der Waals surface area (Å²) in [4.78, 5) is 8.70. The fraction of sp³-hybridized carbons (Fsp3) is 0.250. The number of hydrogen-bond donors (Lipinski definition) is 2. The summed E-state index contributed by atoms with van der Waals surface area (Å²) < 4.78 is 0. The molecular weight excluding hydrogens is 250 g/mol. The molecule has 0 aliphatic heterocycles. The number of benzene rings is 1. The largest absolute Gasteiger partial charge is 0.385 e. The molecule has 0 amide bonds. The highest BCUT2D eigenvalue weighted by Crippen LogP contribution is 2.31. The third-order valence-electron chi connectivity index (χ3n) is 3.89. The van der Waals surface area contributed by atoms with Crippen LogP contribution in [-0.2, 0) is 5.60 Å². The molecular formula is C16H17N3O. The predicted molar refractivity (Wildman–Crippen MR) is 81.3 cm³/mol. The first kappa shape index (κ1) is 12.8. The van der Waals surface area contributed by atoms with E-state index in [2.05, 4.69) is 9.97 Å². The van der Waals surface area contributed by atoms with E-state index < -0.39 is 5.60 Å². The first-order valence-corrected chi connectivity index (χ1v) is 6.70. The third kappa shape index (κ3) is 1.89. The standard InChI is InChI=1S/C16H17N3O/c1-3-16(2,20)10-6-7-11-12-5-4-8-18-14(12)15(17)19-13(11)9-10/h4-9,20H,3H2,1-2H3,(H2,17,19). The first-order valence-electron chi connectivity index (χ1n) is 6.70. The molecule has 0 spiro atoms. The smallest absolute Gasteiger partial charge is 0.150 e. The van der Waals surface area contributed by atoms with E-state index >= 15 is 0 Å². The third-order valence-corrected chi connectivity index (χ3v) is 3.89. The Morgan fingerprint density at radius 2 is 2.05 bits per heavy atom. The van der Waals surface area contributed by atoms with Crippen molar-refractivity contribution < 1.29 is 5.11 Å². The molecule has 4 heteroatoms. The van der Waals surface area contributed by atoms with E-state index in [1.54, 1.807) is 13.1 Å². The second kappa shape index (κ2) is 4.42. The maximum absolute atomic E-state index is 10.4. The van der Waals surface area contributed by atoms with Crippen molar-refractivity contribution in [2.24, 2.45) is 0 Å². The summed E-state index contributed by atoms with van der Waals surface area (Å²) in [5.74, 6) is 0.418. The molecule has 2 aromatic heterocycles. The average Bonchev–Trinajstić information content (AvgIpc) is 2.47. The number of anilines is 1. The molecule has 2 heterocycles. The molecule has 3 aromatic rings. The number of aromatic nitrogens is 2. The van der Waals surface area contributed by atoms with Gasteiger partial charge in [0.2, 0.25) is 0 Å². The zero-order valence-corrected chi connectivity index (χ0v) is 11.6. The molecule has 0 aliphatic carbocycles. The lowest BCUT2D eigenvalue weighted by atomic mass is 9.92. The Morgan fingerprint density at radius 1 is 1.25 bits per heavy atom. The van der Waals surface area contributed by atoms with Crippen LogP contribution in [-0.4, -0.2) is 15.1 Å². The molecule has 0 bridgehead atoms. The summed E-state index contributed by atoms with van der Waals surface area (Å²) in [7, 11) is 0. The minimum absolute atomic E-state index is 0.418. The highest BCUT2D eigenvalue weighted by Gasteiger charge is 2.21. The Labute approximate surface area is 117 Å². The molecule has 0 radical (unpaired) electrons. The zero-order chi connectivity index (χ0) is 14.3. The van der Waals surface area contributed by atoms with Crippen LogP contribution < -0.4 is 5.73 Å². The van der Waals surface area contributed by atoms with Crippen LogP contribution >= 0.6 is 0 Å². The van der Waals surface area contributed by atoms with Gasteiger partial charge >= 0.3 is 0 Å². The Kier molecular flexibility index (Phi) is 2.83. The number of rotatable bonds is 2. The van der Waals surface area contributed by atoms with Crippen LogP contribution in [0.25, 0.3) is 21.8 Å². The number of pyridine rings is 2. The van der Waals surface area contributed by atoms with Crippen LogP contribution in [0.1, 0.15) is 25.8 Å². The normalized spacial score (nSPS) is 14.6. The molecule has 4 nitrogen and oxygen atoms in total. The van der Waals surface area contributed by atoms with Crippen LogP contribution in [0.5, 0.6) is 0 Å². The van der Waals surface area contributed by atoms with Gasteiger partial charge in [-0.15, -0.1) is 0 Å². The fourth-order valence-corrected chi connectivity index (χ4v) is 2.40. The van der Waals surface area contributed by atoms with Crippen LogP contribution in [0.2, 0.25) is 0 Å². The van der Waals surface area contributed by atoms with Crippen molar-refractivity contribution in [1.82, 2.24) is 9.97 Å². The summed E-state index contributed by atoms with van der Waals surface area (Å²) in [5, 5.41) is 12.3. The predicted octanol–water partition coefficient (Wildman–Crippen LogP) is 2.98. The molecule has 3 rings (SSSR count). The lowest BCUT2D eigenvalue weighted by Gasteiger charge is -2.22. The second-order valence-corrected chi connectivity index (χ2v) is 5.26. The van der Waals surface area contributed by atoms with E-state index in [1.165, 1.54) is 0 Å². The zero-order valence-electron chi connectivity index (χ0n) is 11.6. The van der Waals surface area contributed by atoms with Crippen molar-refractivity contribution >= 4 is 27.6 Å². The average molecular weight is 267 g/mol. The molecule has 0 saturated carbocycles. The summed E-state index contributed by atoms with van der Waals surface area (Å²) >= 11 is 0. The number of nitrogens with two attached hydrogens (primary N) is 1. The van der Waals surface area contributed by atoms with E-state index in [1.807, 2.05) is 37.3 Å². The number of nitrogens with zero attached hydrogens (tertiary/aromatic N) is 2. The quantitative estimate of drug-likeness (QED) is 0.700. The highest BCUT2D eigenvalue weighted by atomic mass is 16.3. The maximum Gasteiger partial charge on any atom is 0.150 e. The first-order chi connectivity index (χ1) is 9.53. The number of hydrogen-bond acceptors (Lipinski definition) is 4. The van der Waals surface area contributed by atoms with Crippen molar-refractivity contribution in [3.8, 4) is 0 Å². The SMILES string of the molecule is CCC(C)(O)c1ccc2c(c1)nc(N)c1ncccc12. The van der Waals surface area contributed by atoms with E-state index in [4.69, 9.17) is 5.73 Å². The minimum Gasteiger partial charge on any atom is -0.385 e. The van der Waals surface area contributed by atoms with Gasteiger partial charge in [-0.2, -0.15) is 0 Å². The van der Waals surface area contributed by atoms with Crippen molar-refractivity contribution in [3.63, 3.8) is 0 Å². The number of nitrogen functional groups attached to an aromatic ring is 1. The molecule has 1 aromatic carbocycles. The second-order valence-electron chi connectivity index (χ2n) is 5.26. The maximum atomic E-state index is 10.4. The van der Waals surface area contributed by atoms with Gasteiger partial charge in [0, 0.05) is 17.0 Å². The van der Waals surface area contributed by atoms with E-state index in [-0.39, 0.29) is 0 Å². The Balaban J connectivity index is 2.34. The molecule has 0 saturated heterocycles. The minimum atomic E-state index is -0.853. The molecule has 20 heavy (non-hydrogen) atoms. The van der Waals surface area contributed by atoms with Gasteiger partial charge < -0.3 is 10.8 Å². The van der Waals surface area contributed by atoms with E-state index in [0.29, 0.717) is 12.2 Å². The Morgan fingerprint density at radius 3 is 2.80 bits per heavy atom. The van der Waals surface area contributed by atoms with Gasteiger partial charge in [0.15, 0.2) is 5.82 Å². The molecule has 1 atom stereocenters. The molecule has 1 unspecified atom stereocenters. The summed E-state index contributed by atoms with van der Waals surface area (Å²) in [6.07, 6.45) is 2.35. The van der Waals surface area contributed by atoms with Gasteiger partial charge in [0.25, 0.3) is 0 Å². The Bertz CT molecular complexity index is 796. The summed E-state index contributed by atoms with van der Waals surface area (Å²) in [6, 6.07) is 9.70. The number of fused-ring (bicyclic) bond motifs is 3. The lowest BCUT2D eigenvalue weighted by Crippen LogP contribution is -2.19. The molecule has 102 valence electrons. The van der Waals surface area contributed by atoms with Gasteiger partial charge in [0.1, 0.15) is 5.52 Å². The van der Waals surface area contributed by atoms with Gasteiger partial charge in [-0.3, -0.25) is 4.98 Å². The monoisotopic (exact) mass is 267 g/mol. The van der Waals surface area contributed by atoms with Gasteiger partial charge in [0.05, 0.1) is 11.1 Å². The van der Waals surface area contributed by atoms with E-state index in [0.717, 1.165) is 27.4 Å². The fourth-order valence-electron chi connectivity index (χ4n) is 2.40. The van der Waals surface area contributed by atoms with Crippen LogP contribution in [0.3, 0.4) is 0 Å². The lowest BCUT2D eigenvalue weighted by molar-refractivity contribution is 0.0532. The van der Waals surface area contributed by atoms with Crippen LogP contribution in [0.4, 0.5) is 5.82 Å². The van der Waals surface area contributed by atoms with Gasteiger partial charge in [-0.1, -0.05) is 25.1 Å². The van der Waals surface area contributed by atoms with E-state index in [9.17, 15) is 5.11 Å². The highest BCUT2D eigenvalue weighted by molar-refractivity contribution is 6.08. The van der Waals surface area contributed by atoms with Crippen LogP contribution in [0.15, 0.2) is 36.5 Å². The van der Waals surface area contributed by atoms with Crippen molar-refractivity contribution in [3.05, 3.63) is 42.1 Å². The summed E-state index contributed by atoms with van der Waals surface area (Å²) in [5.41, 5.74) is 7.48. The van der Waals surface area contributed by atoms with Crippen molar-refractivity contribution in [2.75, 3.05) is 5.73 Å². The number of aliphatic hydroxyl groups is 1. The van der Waals surface area contributed by atoms with Crippen LogP contribution in [0, 0.1) is 0 Å². The summed E-state index contributed by atoms with van der Waals surface area (Å²) in [6.45, 7) is 3.76. The molecule has 3 N–H and O–H groups in total. The Hall–Kier alpha value is -2.20. The topological polar surface area (TPSA) is 72.0 Å².